The van der Waals surface area contributed by atoms with Crippen LogP contribution in [0.5, 0.6) is 0 Å². The van der Waals surface area contributed by atoms with Crippen molar-refractivity contribution in [1.29, 1.82) is 5.41 Å². The average Bonchev–Trinajstić information content (AvgIpc) is 0.833. The van der Waals surface area contributed by atoms with Gasteiger partial charge in [0.2, 0.25) is 94.5 Å². The zero-order chi connectivity index (χ0) is 92.8. The highest BCUT2D eigenvalue weighted by Gasteiger charge is 2.40. The van der Waals surface area contributed by atoms with Gasteiger partial charge in [-0.25, -0.2) is 4.79 Å². The maximum Gasteiger partial charge on any atom is 0.326 e. The Hall–Kier alpha value is -12.4. The van der Waals surface area contributed by atoms with E-state index in [9.17, 15) is 142 Å². The zero-order valence-corrected chi connectivity index (χ0v) is 67.6. The van der Waals surface area contributed by atoms with Gasteiger partial charge in [-0.15, -0.1) is 0 Å². The normalized spacial score (nSPS) is 15.4. The summed E-state index contributed by atoms with van der Waals surface area (Å²) >= 11 is 0. The Bertz CT molecular complexity index is 3770. The van der Waals surface area contributed by atoms with Gasteiger partial charge in [-0.05, 0) is 90.2 Å². The third-order valence-corrected chi connectivity index (χ3v) is 18.0. The van der Waals surface area contributed by atoms with E-state index in [0.29, 0.717) is 12.0 Å². The number of hydrogen-bond acceptors (Lipinski definition) is 29. The Morgan fingerprint density at radius 1 is 0.385 bits per heavy atom. The predicted molar refractivity (Wildman–Crippen MR) is 419 cm³/mol. The molecule has 0 aliphatic rings. The molecule has 0 saturated heterocycles. The first kappa shape index (κ1) is 108. The second-order valence-corrected chi connectivity index (χ2v) is 28.1. The molecule has 0 aliphatic heterocycles. The number of hydrogen-bond donors (Lipinski definition) is 31. The summed E-state index contributed by atoms with van der Waals surface area (Å²) in [4.78, 5) is 263. The van der Waals surface area contributed by atoms with Crippen molar-refractivity contribution in [2.45, 2.75) is 227 Å². The lowest BCUT2D eigenvalue weighted by Gasteiger charge is -2.29. The molecule has 51 heteroatoms. The minimum Gasteiger partial charge on any atom is -0.481 e. The van der Waals surface area contributed by atoms with Crippen LogP contribution >= 0.6 is 0 Å². The van der Waals surface area contributed by atoms with Gasteiger partial charge in [0.25, 0.3) is 0 Å². The van der Waals surface area contributed by atoms with E-state index in [1.165, 1.54) is 6.92 Å². The number of nitrogens with one attached hydrogen (secondary N) is 17. The number of guanidine groups is 1. The van der Waals surface area contributed by atoms with Crippen LogP contribution in [-0.2, 0) is 102 Å². The van der Waals surface area contributed by atoms with Crippen molar-refractivity contribution in [1.82, 2.24) is 85.1 Å². The molecule has 51 nitrogen and oxygen atoms in total. The van der Waals surface area contributed by atoms with Crippen LogP contribution in [0.3, 0.4) is 0 Å². The smallest absolute Gasteiger partial charge is 0.326 e. The van der Waals surface area contributed by atoms with Crippen LogP contribution in [0, 0.1) is 11.3 Å². The summed E-state index contributed by atoms with van der Waals surface area (Å²) in [6.07, 6.45) is -10.4. The van der Waals surface area contributed by atoms with Crippen molar-refractivity contribution in [3.05, 3.63) is 35.9 Å². The first-order valence-corrected chi connectivity index (χ1v) is 38.4. The maximum atomic E-state index is 14.3. The minimum atomic E-state index is -2.02. The molecule has 0 bridgehead atoms. The first-order chi connectivity index (χ1) is 57.2. The van der Waals surface area contributed by atoms with Gasteiger partial charge in [0, 0.05) is 32.2 Å². The highest BCUT2D eigenvalue weighted by atomic mass is 16.4. The number of amides is 16. The summed E-state index contributed by atoms with van der Waals surface area (Å²) in [5.41, 5.74) is 22.3. The lowest BCUT2D eigenvalue weighted by atomic mass is 9.97. The van der Waals surface area contributed by atoms with Crippen molar-refractivity contribution < 1.29 is 147 Å². The van der Waals surface area contributed by atoms with Crippen LogP contribution in [-0.4, -0.2) is 324 Å². The van der Waals surface area contributed by atoms with E-state index in [0.717, 1.165) is 20.8 Å². The summed E-state index contributed by atoms with van der Waals surface area (Å²) in [5.74, 6) is -27.0. The molecule has 0 fully saturated rings. The van der Waals surface area contributed by atoms with Crippen molar-refractivity contribution in [3.63, 3.8) is 0 Å². The van der Waals surface area contributed by atoms with Gasteiger partial charge in [0.15, 0.2) is 5.96 Å². The fraction of sp³-hybridized carbons (Fsp3) is 0.620. The highest BCUT2D eigenvalue weighted by molar-refractivity contribution is 6.01. The van der Waals surface area contributed by atoms with Crippen LogP contribution in [0.25, 0.3) is 0 Å². The summed E-state index contributed by atoms with van der Waals surface area (Å²) in [7, 11) is 0. The van der Waals surface area contributed by atoms with Gasteiger partial charge in [-0.2, -0.15) is 0 Å². The molecule has 684 valence electrons. The third-order valence-electron chi connectivity index (χ3n) is 18.0. The molecule has 0 aromatic heterocycles. The highest BCUT2D eigenvalue weighted by Crippen LogP contribution is 2.14. The molecule has 16 amide bonds. The van der Waals surface area contributed by atoms with E-state index in [2.05, 4.69) is 79.8 Å². The van der Waals surface area contributed by atoms with E-state index >= 15 is 0 Å². The second kappa shape index (κ2) is 56.2. The Balaban J connectivity index is 3.38. The fourth-order valence-electron chi connectivity index (χ4n) is 11.0. The number of carboxylic acid groups (broad SMARTS) is 4. The van der Waals surface area contributed by atoms with Crippen LogP contribution in [0.1, 0.15) is 124 Å². The van der Waals surface area contributed by atoms with Gasteiger partial charge in [0.1, 0.15) is 78.5 Å². The molecule has 0 aliphatic carbocycles. The van der Waals surface area contributed by atoms with Crippen LogP contribution < -0.4 is 108 Å². The molecule has 122 heavy (non-hydrogen) atoms. The number of carboxylic acids is 4. The number of aliphatic carboxylic acids is 4. The number of carbonyl (C=O) groups is 20. The summed E-state index contributed by atoms with van der Waals surface area (Å²) < 4.78 is 0. The topological polar surface area (TPSA) is 864 Å². The van der Waals surface area contributed by atoms with E-state index < -0.39 is 311 Å². The van der Waals surface area contributed by atoms with Crippen molar-refractivity contribution >= 4 is 124 Å². The summed E-state index contributed by atoms with van der Waals surface area (Å²) in [6, 6.07) is -17.7. The Morgan fingerprint density at radius 2 is 0.738 bits per heavy atom. The summed E-state index contributed by atoms with van der Waals surface area (Å²) in [5, 5.41) is 143. The van der Waals surface area contributed by atoms with Gasteiger partial charge in [-0.3, -0.25) is 96.5 Å². The van der Waals surface area contributed by atoms with Gasteiger partial charge >= 0.3 is 23.9 Å². The molecule has 0 radical (unpaired) electrons. The van der Waals surface area contributed by atoms with E-state index in [1.54, 1.807) is 37.3 Å². The first-order valence-electron chi connectivity index (χ1n) is 38.4. The largest absolute Gasteiger partial charge is 0.481 e. The lowest BCUT2D eigenvalue weighted by molar-refractivity contribution is -0.143. The van der Waals surface area contributed by atoms with Crippen molar-refractivity contribution in [2.75, 3.05) is 46.0 Å². The molecule has 0 heterocycles. The number of unbranched alkanes of at least 4 members (excludes halogenated alkanes) is 1. The standard InChI is InChI=1S/C71H115N21O30/c1-6-32(2)53(66(117)85-42(25-36-13-8-7-9-14-36)62(113)91-56(35(5)98)69(120)86-43(26-47(74)99)63(114)92-55(34(4)97)68(119)84-41(70(121)122)15-10-11-23-72)89-49(101)28-79-59(110)44(29-93)87-60(111)39(18-21-51(104)105)82-64(115)45(30-94)80-48(100)27-78-58(109)38(16-12-24-77-71(75)76)81-65(116)46(31-95)88-61(112)40(19-22-52(106)107)83-67(118)54(33(3)96)90-57(108)37(73)17-20-50(102)103/h7-9,13-14,32-35,37-46,53-56,93-98H,6,10-12,15-31,72-73H2,1-5H3,(H2,74,99)(H,78,109)(H,79,110)(H,80,100)(H,81,116)(H,82,115)(H,83,118)(H,84,119)(H,85,117)(H,86,120)(H,87,111)(H,88,112)(H,89,101)(H,90,108)(H,91,113)(H,92,114)(H,102,103)(H,104,105)(H,106,107)(H,121,122)(H4,75,76,77)/t32-,33+,34+,35+,37-,38-,39-,40-,41-,42-,43-,44-,45-,46-,53-,54-,55-,56-/m0/s1. The molecular weight excluding hydrogens is 1630 g/mol. The van der Waals surface area contributed by atoms with Crippen molar-refractivity contribution in [2.24, 2.45) is 28.9 Å². The molecule has 0 spiro atoms. The maximum absolute atomic E-state index is 14.3. The van der Waals surface area contributed by atoms with E-state index in [-0.39, 0.29) is 51.6 Å². The molecule has 1 aromatic carbocycles. The number of primary amides is 1. The zero-order valence-electron chi connectivity index (χ0n) is 67.6. The van der Waals surface area contributed by atoms with Crippen LogP contribution in [0.15, 0.2) is 30.3 Å². The van der Waals surface area contributed by atoms with Crippen LogP contribution in [0.2, 0.25) is 0 Å². The van der Waals surface area contributed by atoms with E-state index in [4.69, 9.17) is 33.5 Å². The average molecular weight is 1740 g/mol. The van der Waals surface area contributed by atoms with E-state index in [1.807, 2.05) is 5.32 Å². The third kappa shape index (κ3) is 41.0. The Labute approximate surface area is 697 Å². The van der Waals surface area contributed by atoms with Crippen LogP contribution in [0.4, 0.5) is 0 Å². The molecule has 18 atom stereocenters. The summed E-state index contributed by atoms with van der Waals surface area (Å²) in [6.45, 7) is 0.505. The molecule has 0 unspecified atom stereocenters. The Kier molecular flexibility index (Phi) is 49.5. The minimum absolute atomic E-state index is 0.0863. The molecular formula is C71H115N21O30. The predicted octanol–water partition coefficient (Wildman–Crippen LogP) is -13.8. The molecule has 1 aromatic rings. The molecule has 1 rings (SSSR count). The number of aliphatic hydroxyl groups is 6. The number of nitrogens with two attached hydrogens (primary N) is 4. The second-order valence-electron chi connectivity index (χ2n) is 28.1. The van der Waals surface area contributed by atoms with Gasteiger partial charge < -0.3 is 159 Å². The molecule has 0 saturated carbocycles. The fourth-order valence-corrected chi connectivity index (χ4v) is 11.0. The van der Waals surface area contributed by atoms with Gasteiger partial charge in [-0.1, -0.05) is 50.6 Å². The number of carbonyl (C=O) groups excluding carboxylic acids is 16. The Morgan fingerprint density at radius 3 is 1.16 bits per heavy atom. The quantitative estimate of drug-likeness (QED) is 0.0164. The molecule has 35 N–H and O–H groups in total. The monoisotopic (exact) mass is 1740 g/mol. The lowest BCUT2D eigenvalue weighted by Crippen LogP contribution is -2.63. The number of aliphatic hydroxyl groups excluding tert-OH is 6. The van der Waals surface area contributed by atoms with Crippen molar-refractivity contribution in [3.8, 4) is 0 Å². The number of benzene rings is 1. The SMILES string of the molecule is CC[C@H](C)[C@H](NC(=O)CNC(=O)[C@H](CO)NC(=O)[C@H](CCC(=O)O)NC(=O)[C@H](CO)NC(=O)CNC(=O)[C@H](CCCNC(=N)N)NC(=O)[C@H](CO)NC(=O)[C@H](CCC(=O)O)NC(=O)[C@@H](NC(=O)[C@@H](N)CCC(=O)O)[C@@H](C)O)C(=O)N[C@@H](Cc1ccccc1)C(=O)N[C@H](C(=O)N[C@@H](CC(N)=O)C(=O)N[C@H](C(=O)N[C@@H](CCCCN)C(=O)O)[C@@H](C)O)[C@@H](C)O. The van der Waals surface area contributed by atoms with Gasteiger partial charge in [0.05, 0.1) is 63.7 Å². The number of rotatable bonds is 60.